The van der Waals surface area contributed by atoms with E-state index in [0.29, 0.717) is 42.7 Å². The Balaban J connectivity index is 1.51. The Morgan fingerprint density at radius 3 is 2.61 bits per heavy atom. The maximum Gasteiger partial charge on any atom is 0.164 e. The molecule has 0 bridgehead atoms. The fourth-order valence-electron chi connectivity index (χ4n) is 3.95. The number of hydrogen-bond acceptors (Lipinski definition) is 7. The molecule has 3 aromatic carbocycles. The van der Waals surface area contributed by atoms with Gasteiger partial charge in [0.1, 0.15) is 18.2 Å². The van der Waals surface area contributed by atoms with Gasteiger partial charge in [-0.2, -0.15) is 10.4 Å². The first-order valence-corrected chi connectivity index (χ1v) is 11.7. The lowest BCUT2D eigenvalue weighted by Gasteiger charge is -2.14. The van der Waals surface area contributed by atoms with Crippen molar-refractivity contribution in [2.24, 2.45) is 5.10 Å². The van der Waals surface area contributed by atoms with Gasteiger partial charge >= 0.3 is 0 Å². The van der Waals surface area contributed by atoms with E-state index in [-0.39, 0.29) is 0 Å². The lowest BCUT2D eigenvalue weighted by atomic mass is 10.1. The summed E-state index contributed by atoms with van der Waals surface area (Å²) in [5, 5.41) is 16.2. The molecule has 7 heteroatoms. The number of rotatable bonds is 10. The van der Waals surface area contributed by atoms with Crippen molar-refractivity contribution in [1.82, 2.24) is 4.98 Å². The SMILES string of the molecule is CCOc1cc(/C=N\Nc2nc(C)cc(COC)c2C#N)ccc1OCc1cccc2ccccc12. The number of benzene rings is 3. The Morgan fingerprint density at radius 1 is 0.972 bits per heavy atom. The van der Waals surface area contributed by atoms with Crippen LogP contribution >= 0.6 is 0 Å². The van der Waals surface area contributed by atoms with Gasteiger partial charge in [-0.1, -0.05) is 42.5 Å². The fraction of sp³-hybridized carbons (Fsp3) is 0.207. The van der Waals surface area contributed by atoms with Crippen molar-refractivity contribution in [1.29, 1.82) is 5.26 Å². The van der Waals surface area contributed by atoms with E-state index in [0.717, 1.165) is 22.4 Å². The van der Waals surface area contributed by atoms with Crippen LogP contribution in [0.15, 0.2) is 71.8 Å². The highest BCUT2D eigenvalue weighted by molar-refractivity contribution is 5.85. The zero-order chi connectivity index (χ0) is 25.3. The molecule has 4 rings (SSSR count). The third-order valence-electron chi connectivity index (χ3n) is 5.56. The summed E-state index contributed by atoms with van der Waals surface area (Å²) in [6, 6.07) is 24.1. The first-order valence-electron chi connectivity index (χ1n) is 11.7. The van der Waals surface area contributed by atoms with Gasteiger partial charge in [0, 0.05) is 18.4 Å². The molecule has 0 unspecified atom stereocenters. The highest BCUT2D eigenvalue weighted by Gasteiger charge is 2.11. The van der Waals surface area contributed by atoms with Crippen molar-refractivity contribution in [2.75, 3.05) is 19.1 Å². The van der Waals surface area contributed by atoms with Crippen molar-refractivity contribution in [3.63, 3.8) is 0 Å². The number of hydrogen-bond donors (Lipinski definition) is 1. The molecule has 0 spiro atoms. The minimum absolute atomic E-state index is 0.322. The van der Waals surface area contributed by atoms with Gasteiger partial charge in [0.05, 0.1) is 19.4 Å². The molecule has 182 valence electrons. The van der Waals surface area contributed by atoms with Crippen LogP contribution in [0.1, 0.15) is 34.9 Å². The lowest BCUT2D eigenvalue weighted by Crippen LogP contribution is -2.04. The molecule has 0 aliphatic carbocycles. The van der Waals surface area contributed by atoms with Crippen LogP contribution in [0.2, 0.25) is 0 Å². The summed E-state index contributed by atoms with van der Waals surface area (Å²) in [6.45, 7) is 5.05. The van der Waals surface area contributed by atoms with Crippen molar-refractivity contribution in [2.45, 2.75) is 27.1 Å². The number of fused-ring (bicyclic) bond motifs is 1. The number of nitrogens with one attached hydrogen (secondary N) is 1. The molecule has 1 N–H and O–H groups in total. The van der Waals surface area contributed by atoms with E-state index in [4.69, 9.17) is 14.2 Å². The van der Waals surface area contributed by atoms with Crippen LogP contribution < -0.4 is 14.9 Å². The van der Waals surface area contributed by atoms with Crippen LogP contribution in [0.25, 0.3) is 10.8 Å². The van der Waals surface area contributed by atoms with Crippen LogP contribution in [0.3, 0.4) is 0 Å². The first kappa shape index (κ1) is 24.7. The monoisotopic (exact) mass is 480 g/mol. The van der Waals surface area contributed by atoms with Gasteiger partial charge in [-0.05, 0) is 60.0 Å². The molecule has 0 fully saturated rings. The van der Waals surface area contributed by atoms with Gasteiger partial charge in [-0.25, -0.2) is 4.98 Å². The summed E-state index contributed by atoms with van der Waals surface area (Å²) in [5.74, 6) is 1.68. The largest absolute Gasteiger partial charge is 0.490 e. The number of aromatic nitrogens is 1. The Morgan fingerprint density at radius 2 is 1.81 bits per heavy atom. The third-order valence-corrected chi connectivity index (χ3v) is 5.56. The number of nitrogens with zero attached hydrogens (tertiary/aromatic N) is 3. The number of ether oxygens (including phenoxy) is 3. The van der Waals surface area contributed by atoms with E-state index in [2.05, 4.69) is 45.8 Å². The summed E-state index contributed by atoms with van der Waals surface area (Å²) in [7, 11) is 1.59. The summed E-state index contributed by atoms with van der Waals surface area (Å²) in [5.41, 5.74) is 6.75. The van der Waals surface area contributed by atoms with E-state index in [1.54, 1.807) is 13.3 Å². The Hall–Kier alpha value is -4.41. The van der Waals surface area contributed by atoms with Gasteiger partial charge in [-0.3, -0.25) is 5.43 Å². The van der Waals surface area contributed by atoms with E-state index in [1.807, 2.05) is 56.3 Å². The number of nitriles is 1. The number of hydrazone groups is 1. The number of anilines is 1. The van der Waals surface area contributed by atoms with Crippen LogP contribution in [0.5, 0.6) is 11.5 Å². The number of methoxy groups -OCH3 is 1. The minimum Gasteiger partial charge on any atom is -0.490 e. The molecule has 0 atom stereocenters. The average Bonchev–Trinajstić information content (AvgIpc) is 2.88. The zero-order valence-corrected chi connectivity index (χ0v) is 20.6. The molecule has 0 aliphatic heterocycles. The smallest absolute Gasteiger partial charge is 0.164 e. The first-order chi connectivity index (χ1) is 17.6. The summed E-state index contributed by atoms with van der Waals surface area (Å²) >= 11 is 0. The van der Waals surface area contributed by atoms with Crippen LogP contribution in [-0.2, 0) is 18.0 Å². The average molecular weight is 481 g/mol. The minimum atomic E-state index is 0.322. The molecule has 0 radical (unpaired) electrons. The Bertz CT molecular complexity index is 1420. The standard InChI is InChI=1S/C29H28N4O3/c1-4-35-28-15-21(17-31-33-29-26(16-30)24(18-34-3)14-20(2)32-29)12-13-27(28)36-19-23-10-7-9-22-8-5-6-11-25(22)23/h5-15,17H,4,18-19H2,1-3H3,(H,32,33)/b31-17-. The summed E-state index contributed by atoms with van der Waals surface area (Å²) < 4.78 is 17.2. The molecule has 7 nitrogen and oxygen atoms in total. The van der Waals surface area contributed by atoms with Crippen molar-refractivity contribution in [3.05, 3.63) is 94.7 Å². The fourth-order valence-corrected chi connectivity index (χ4v) is 3.95. The van der Waals surface area contributed by atoms with Gasteiger partial charge in [0.2, 0.25) is 0 Å². The zero-order valence-electron chi connectivity index (χ0n) is 20.6. The quantitative estimate of drug-likeness (QED) is 0.222. The van der Waals surface area contributed by atoms with Crippen molar-refractivity contribution >= 4 is 22.8 Å². The molecule has 1 aromatic heterocycles. The van der Waals surface area contributed by atoms with Crippen LogP contribution in [0.4, 0.5) is 5.82 Å². The van der Waals surface area contributed by atoms with E-state index in [9.17, 15) is 5.26 Å². The van der Waals surface area contributed by atoms with E-state index < -0.39 is 0 Å². The maximum absolute atomic E-state index is 9.58. The molecule has 1 heterocycles. The van der Waals surface area contributed by atoms with Crippen molar-refractivity contribution in [3.8, 4) is 17.6 Å². The van der Waals surface area contributed by atoms with Gasteiger partial charge in [0.25, 0.3) is 0 Å². The Kier molecular flexibility index (Phi) is 8.12. The second-order valence-corrected chi connectivity index (χ2v) is 8.13. The highest BCUT2D eigenvalue weighted by atomic mass is 16.5. The highest BCUT2D eigenvalue weighted by Crippen LogP contribution is 2.30. The molecule has 36 heavy (non-hydrogen) atoms. The van der Waals surface area contributed by atoms with Gasteiger partial charge in [-0.15, -0.1) is 0 Å². The van der Waals surface area contributed by atoms with E-state index in [1.165, 1.54) is 10.8 Å². The van der Waals surface area contributed by atoms with Crippen LogP contribution in [-0.4, -0.2) is 24.9 Å². The normalized spacial score (nSPS) is 10.9. The van der Waals surface area contributed by atoms with Crippen molar-refractivity contribution < 1.29 is 14.2 Å². The summed E-state index contributed by atoms with van der Waals surface area (Å²) in [4.78, 5) is 4.41. The maximum atomic E-state index is 9.58. The van der Waals surface area contributed by atoms with Crippen LogP contribution in [0, 0.1) is 18.3 Å². The predicted octanol–water partition coefficient (Wildman–Crippen LogP) is 5.99. The van der Waals surface area contributed by atoms with E-state index >= 15 is 0 Å². The predicted molar refractivity (Wildman–Crippen MR) is 142 cm³/mol. The molecular formula is C29H28N4O3. The number of aryl methyl sites for hydroxylation is 1. The molecule has 4 aromatic rings. The molecule has 0 amide bonds. The van der Waals surface area contributed by atoms with Gasteiger partial charge < -0.3 is 14.2 Å². The second kappa shape index (κ2) is 11.8. The lowest BCUT2D eigenvalue weighted by molar-refractivity contribution is 0.184. The molecule has 0 aliphatic rings. The second-order valence-electron chi connectivity index (χ2n) is 8.13. The van der Waals surface area contributed by atoms with Gasteiger partial charge in [0.15, 0.2) is 17.3 Å². The molecule has 0 saturated carbocycles. The third kappa shape index (κ3) is 5.80. The number of pyridine rings is 1. The molecule has 0 saturated heterocycles. The molecular weight excluding hydrogens is 452 g/mol. The summed E-state index contributed by atoms with van der Waals surface area (Å²) in [6.07, 6.45) is 1.65. The Labute approximate surface area is 211 Å². The topological polar surface area (TPSA) is 88.8 Å².